The lowest BCUT2D eigenvalue weighted by Crippen LogP contribution is -2.16. The van der Waals surface area contributed by atoms with Gasteiger partial charge in [0.2, 0.25) is 0 Å². The number of fused-ring (bicyclic) bond motifs is 8. The summed E-state index contributed by atoms with van der Waals surface area (Å²) < 4.78 is 0. The van der Waals surface area contributed by atoms with Gasteiger partial charge in [-0.2, -0.15) is 0 Å². The highest BCUT2D eigenvalue weighted by Crippen LogP contribution is 2.51. The SMILES string of the molecule is CC1(C)c2ccccc2-c2ccc(N(c3ccc(-c4cc5ccccc5c5ccccc45)cc3)c3ccc4cc(-c5ccc6ccccc6c5)ccc4c3)cc21. The van der Waals surface area contributed by atoms with Crippen LogP contribution in [0.2, 0.25) is 0 Å². The molecule has 0 heterocycles. The van der Waals surface area contributed by atoms with Gasteiger partial charge >= 0.3 is 0 Å². The Morgan fingerprint density at radius 3 is 1.62 bits per heavy atom. The number of benzene rings is 10. The van der Waals surface area contributed by atoms with E-state index in [1.165, 1.54) is 87.6 Å². The highest BCUT2D eigenvalue weighted by molar-refractivity contribution is 6.13. The zero-order valence-corrected chi connectivity index (χ0v) is 31.5. The van der Waals surface area contributed by atoms with Crippen LogP contribution in [0.1, 0.15) is 25.0 Å². The Bertz CT molecular complexity index is 3170. The van der Waals surface area contributed by atoms with Gasteiger partial charge in [-0.3, -0.25) is 0 Å². The van der Waals surface area contributed by atoms with Gasteiger partial charge in [0.05, 0.1) is 0 Å². The van der Waals surface area contributed by atoms with E-state index in [0.717, 1.165) is 17.1 Å². The van der Waals surface area contributed by atoms with Crippen LogP contribution in [0.5, 0.6) is 0 Å². The van der Waals surface area contributed by atoms with Crippen LogP contribution >= 0.6 is 0 Å². The van der Waals surface area contributed by atoms with Gasteiger partial charge in [-0.1, -0.05) is 159 Å². The minimum atomic E-state index is -0.100. The number of hydrogen-bond donors (Lipinski definition) is 0. The van der Waals surface area contributed by atoms with E-state index in [1.807, 2.05) is 0 Å². The van der Waals surface area contributed by atoms with Crippen molar-refractivity contribution in [3.05, 3.63) is 211 Å². The predicted molar refractivity (Wildman–Crippen MR) is 240 cm³/mol. The molecule has 0 aliphatic heterocycles. The van der Waals surface area contributed by atoms with Crippen molar-refractivity contribution in [2.24, 2.45) is 0 Å². The Balaban J connectivity index is 1.04. The Kier molecular flexibility index (Phi) is 7.28. The zero-order valence-electron chi connectivity index (χ0n) is 31.5. The normalized spacial score (nSPS) is 13.0. The quantitative estimate of drug-likeness (QED) is 0.161. The van der Waals surface area contributed by atoms with Crippen LogP contribution in [-0.2, 0) is 5.41 Å². The fourth-order valence-electron chi connectivity index (χ4n) is 9.28. The summed E-state index contributed by atoms with van der Waals surface area (Å²) in [5.41, 5.74) is 13.6. The standard InChI is InChI=1S/C55H39N/c1-55(2)53-18-10-9-17-50(53)51-30-29-46(35-54(51)55)56(44-26-23-37(24-27-44)52-34-43-13-5-6-14-47(43)48-15-7-8-16-49(48)52)45-28-25-41-32-40(21-22-42(41)33-45)39-20-19-36-11-3-4-12-38(36)31-39/h3-35H,1-2H3. The van der Waals surface area contributed by atoms with Crippen molar-refractivity contribution in [1.82, 2.24) is 0 Å². The van der Waals surface area contributed by atoms with Crippen LogP contribution < -0.4 is 4.90 Å². The zero-order chi connectivity index (χ0) is 37.4. The van der Waals surface area contributed by atoms with Crippen molar-refractivity contribution in [2.75, 3.05) is 4.90 Å². The average Bonchev–Trinajstić information content (AvgIpc) is 3.48. The summed E-state index contributed by atoms with van der Waals surface area (Å²) in [5.74, 6) is 0. The fourth-order valence-corrected chi connectivity index (χ4v) is 9.28. The van der Waals surface area contributed by atoms with Gasteiger partial charge in [-0.05, 0) is 142 Å². The van der Waals surface area contributed by atoms with E-state index in [9.17, 15) is 0 Å². The molecule has 56 heavy (non-hydrogen) atoms. The summed E-state index contributed by atoms with van der Waals surface area (Å²) in [6.45, 7) is 4.72. The van der Waals surface area contributed by atoms with Gasteiger partial charge in [0.1, 0.15) is 0 Å². The lowest BCUT2D eigenvalue weighted by molar-refractivity contribution is 0.660. The summed E-state index contributed by atoms with van der Waals surface area (Å²) in [4.78, 5) is 2.43. The second-order valence-electron chi connectivity index (χ2n) is 15.8. The molecule has 0 unspecified atom stereocenters. The van der Waals surface area contributed by atoms with Crippen LogP contribution in [0.3, 0.4) is 0 Å². The first-order chi connectivity index (χ1) is 27.5. The summed E-state index contributed by atoms with van der Waals surface area (Å²) in [7, 11) is 0. The Morgan fingerprint density at radius 2 is 0.821 bits per heavy atom. The highest BCUT2D eigenvalue weighted by atomic mass is 15.1. The molecule has 10 aromatic carbocycles. The molecule has 0 N–H and O–H groups in total. The fraction of sp³-hybridized carbons (Fsp3) is 0.0545. The molecule has 0 radical (unpaired) electrons. The van der Waals surface area contributed by atoms with E-state index < -0.39 is 0 Å². The van der Waals surface area contributed by atoms with Crippen molar-refractivity contribution in [2.45, 2.75) is 19.3 Å². The van der Waals surface area contributed by atoms with E-state index in [1.54, 1.807) is 0 Å². The smallest absolute Gasteiger partial charge is 0.0468 e. The van der Waals surface area contributed by atoms with Crippen molar-refractivity contribution in [3.8, 4) is 33.4 Å². The van der Waals surface area contributed by atoms with Crippen LogP contribution in [0.15, 0.2) is 200 Å². The van der Waals surface area contributed by atoms with Crippen LogP contribution in [0.4, 0.5) is 17.1 Å². The summed E-state index contributed by atoms with van der Waals surface area (Å²) in [6, 6.07) is 74.1. The largest absolute Gasteiger partial charge is 0.310 e. The molecule has 1 nitrogen and oxygen atoms in total. The maximum Gasteiger partial charge on any atom is 0.0468 e. The van der Waals surface area contributed by atoms with Crippen molar-refractivity contribution in [3.63, 3.8) is 0 Å². The van der Waals surface area contributed by atoms with Gasteiger partial charge < -0.3 is 4.90 Å². The second kappa shape index (κ2) is 12.5. The molecule has 11 rings (SSSR count). The molecule has 0 saturated heterocycles. The third kappa shape index (κ3) is 5.16. The minimum Gasteiger partial charge on any atom is -0.310 e. The second-order valence-corrected chi connectivity index (χ2v) is 15.8. The molecule has 1 heteroatoms. The highest BCUT2D eigenvalue weighted by Gasteiger charge is 2.35. The van der Waals surface area contributed by atoms with Crippen molar-refractivity contribution in [1.29, 1.82) is 0 Å². The van der Waals surface area contributed by atoms with Crippen molar-refractivity contribution >= 4 is 60.2 Å². The van der Waals surface area contributed by atoms with Crippen LogP contribution in [0, 0.1) is 0 Å². The lowest BCUT2D eigenvalue weighted by Gasteiger charge is -2.28. The molecule has 0 aromatic heterocycles. The van der Waals surface area contributed by atoms with Gasteiger partial charge in [0, 0.05) is 22.5 Å². The van der Waals surface area contributed by atoms with E-state index in [4.69, 9.17) is 0 Å². The van der Waals surface area contributed by atoms with E-state index in [2.05, 4.69) is 219 Å². The molecule has 0 atom stereocenters. The summed E-state index contributed by atoms with van der Waals surface area (Å²) >= 11 is 0. The number of rotatable bonds is 5. The Labute approximate surface area is 327 Å². The first-order valence-electron chi connectivity index (χ1n) is 19.6. The maximum atomic E-state index is 2.43. The average molecular weight is 714 g/mol. The van der Waals surface area contributed by atoms with Gasteiger partial charge in [-0.25, -0.2) is 0 Å². The van der Waals surface area contributed by atoms with Crippen molar-refractivity contribution < 1.29 is 0 Å². The number of nitrogens with zero attached hydrogens (tertiary/aromatic N) is 1. The first-order valence-corrected chi connectivity index (χ1v) is 19.6. The van der Waals surface area contributed by atoms with E-state index in [0.29, 0.717) is 0 Å². The molecule has 10 aromatic rings. The number of anilines is 3. The Hall–Kier alpha value is -6.96. The molecule has 0 fully saturated rings. The molecule has 0 amide bonds. The van der Waals surface area contributed by atoms with Gasteiger partial charge in [0.15, 0.2) is 0 Å². The molecular formula is C55H39N. The molecule has 0 bridgehead atoms. The third-order valence-electron chi connectivity index (χ3n) is 12.2. The number of hydrogen-bond acceptors (Lipinski definition) is 1. The summed E-state index contributed by atoms with van der Waals surface area (Å²) in [5, 5.41) is 10.1. The molecule has 1 aliphatic carbocycles. The monoisotopic (exact) mass is 713 g/mol. The Morgan fingerprint density at radius 1 is 0.304 bits per heavy atom. The molecular weight excluding hydrogens is 675 g/mol. The van der Waals surface area contributed by atoms with Crippen LogP contribution in [-0.4, -0.2) is 0 Å². The molecule has 0 saturated carbocycles. The molecule has 264 valence electrons. The van der Waals surface area contributed by atoms with Gasteiger partial charge in [0.25, 0.3) is 0 Å². The molecule has 1 aliphatic rings. The van der Waals surface area contributed by atoms with E-state index in [-0.39, 0.29) is 5.41 Å². The lowest BCUT2D eigenvalue weighted by atomic mass is 9.82. The topological polar surface area (TPSA) is 3.24 Å². The maximum absolute atomic E-state index is 2.43. The third-order valence-corrected chi connectivity index (χ3v) is 12.2. The van der Waals surface area contributed by atoms with Gasteiger partial charge in [-0.15, -0.1) is 0 Å². The summed E-state index contributed by atoms with van der Waals surface area (Å²) in [6.07, 6.45) is 0. The predicted octanol–water partition coefficient (Wildman–Crippen LogP) is 15.4. The minimum absolute atomic E-state index is 0.100. The first kappa shape index (κ1) is 32.5. The van der Waals surface area contributed by atoms with Crippen LogP contribution in [0.25, 0.3) is 76.5 Å². The molecule has 0 spiro atoms. The van der Waals surface area contributed by atoms with E-state index >= 15 is 0 Å².